The molecule has 0 bridgehead atoms. The maximum absolute atomic E-state index is 6.12. The number of hydrogen-bond donors (Lipinski definition) is 0. The molecule has 0 atom stereocenters. The van der Waals surface area contributed by atoms with E-state index in [9.17, 15) is 0 Å². The third-order valence-electron chi connectivity index (χ3n) is 8.45. The number of furan rings is 1. The lowest BCUT2D eigenvalue weighted by Gasteiger charge is -2.25. The van der Waals surface area contributed by atoms with E-state index in [1.807, 2.05) is 23.5 Å². The maximum atomic E-state index is 6.12. The van der Waals surface area contributed by atoms with Crippen LogP contribution in [0.1, 0.15) is 0 Å². The second kappa shape index (κ2) is 9.59. The first-order chi connectivity index (χ1) is 21.3. The van der Waals surface area contributed by atoms with Crippen LogP contribution in [0.25, 0.3) is 64.0 Å². The van der Waals surface area contributed by atoms with Crippen molar-refractivity contribution in [3.05, 3.63) is 152 Å². The molecule has 0 saturated heterocycles. The summed E-state index contributed by atoms with van der Waals surface area (Å²) in [6, 6.07) is 54.3. The van der Waals surface area contributed by atoms with Gasteiger partial charge in [0.1, 0.15) is 11.2 Å². The Labute approximate surface area is 252 Å². The van der Waals surface area contributed by atoms with Gasteiger partial charge in [-0.1, -0.05) is 84.9 Å². The Hall–Kier alpha value is -5.38. The van der Waals surface area contributed by atoms with E-state index in [0.29, 0.717) is 0 Å². The minimum absolute atomic E-state index is 0.900. The van der Waals surface area contributed by atoms with Gasteiger partial charge in [0.25, 0.3) is 0 Å². The summed E-state index contributed by atoms with van der Waals surface area (Å²) in [7, 11) is 0. The van der Waals surface area contributed by atoms with Crippen molar-refractivity contribution in [3.8, 4) is 11.1 Å². The van der Waals surface area contributed by atoms with Crippen LogP contribution in [0, 0.1) is 0 Å². The first kappa shape index (κ1) is 24.2. The van der Waals surface area contributed by atoms with Gasteiger partial charge in [0, 0.05) is 48.0 Å². The Bertz CT molecular complexity index is 2450. The van der Waals surface area contributed by atoms with E-state index in [4.69, 9.17) is 4.42 Å². The molecule has 0 aliphatic rings. The van der Waals surface area contributed by atoms with Crippen molar-refractivity contribution >= 4 is 81.3 Å². The van der Waals surface area contributed by atoms with E-state index in [1.165, 1.54) is 42.1 Å². The minimum Gasteiger partial charge on any atom is -0.456 e. The summed E-state index contributed by atoms with van der Waals surface area (Å²) in [6.45, 7) is 0. The molecule has 0 saturated carbocycles. The highest BCUT2D eigenvalue weighted by Gasteiger charge is 2.16. The van der Waals surface area contributed by atoms with Crippen molar-refractivity contribution in [1.82, 2.24) is 0 Å². The van der Waals surface area contributed by atoms with Gasteiger partial charge in [0.15, 0.2) is 0 Å². The monoisotopic (exact) mass is 567 g/mol. The topological polar surface area (TPSA) is 16.4 Å². The van der Waals surface area contributed by atoms with Gasteiger partial charge in [-0.2, -0.15) is 0 Å². The number of rotatable bonds is 4. The molecule has 0 spiro atoms. The summed E-state index contributed by atoms with van der Waals surface area (Å²) in [5, 5.41) is 7.52. The SMILES string of the molecule is c1ccc(N(c2ccc(-c3ccc4ccc5sc6ccccc6c5c4c3)cc2)c2ccc3oc4ccccc4c3c2)cc1. The van der Waals surface area contributed by atoms with Crippen LogP contribution >= 0.6 is 11.3 Å². The Morgan fingerprint density at radius 3 is 1.98 bits per heavy atom. The van der Waals surface area contributed by atoms with Gasteiger partial charge in [-0.25, -0.2) is 0 Å². The standard InChI is InChI=1S/C40H25NOS/c1-2-8-29(9-3-1)41(31-21-22-37-35(25-31)32-10-4-6-12-36(32)42-37)30-19-16-26(17-20-30)28-15-14-27-18-23-39-40(34(27)24-28)33-11-5-7-13-38(33)43-39/h1-25H. The quantitative estimate of drug-likeness (QED) is 0.210. The summed E-state index contributed by atoms with van der Waals surface area (Å²) in [6.07, 6.45) is 0. The number of fused-ring (bicyclic) bond motifs is 8. The first-order valence-electron chi connectivity index (χ1n) is 14.5. The molecular formula is C40H25NOS. The number of thiophene rings is 1. The molecule has 202 valence electrons. The van der Waals surface area contributed by atoms with Crippen molar-refractivity contribution in [2.75, 3.05) is 4.90 Å². The molecule has 0 N–H and O–H groups in total. The van der Waals surface area contributed by atoms with Gasteiger partial charge in [-0.05, 0) is 88.6 Å². The number of hydrogen-bond acceptors (Lipinski definition) is 3. The number of nitrogens with zero attached hydrogens (tertiary/aromatic N) is 1. The van der Waals surface area contributed by atoms with E-state index in [-0.39, 0.29) is 0 Å². The molecule has 9 aromatic rings. The highest BCUT2D eigenvalue weighted by Crippen LogP contribution is 2.41. The van der Waals surface area contributed by atoms with Crippen LogP contribution in [0.4, 0.5) is 17.1 Å². The number of benzene rings is 7. The highest BCUT2D eigenvalue weighted by molar-refractivity contribution is 7.26. The lowest BCUT2D eigenvalue weighted by atomic mass is 9.98. The van der Waals surface area contributed by atoms with E-state index in [1.54, 1.807) is 0 Å². The van der Waals surface area contributed by atoms with E-state index in [2.05, 4.69) is 144 Å². The van der Waals surface area contributed by atoms with Gasteiger partial charge in [0.2, 0.25) is 0 Å². The van der Waals surface area contributed by atoms with Crippen molar-refractivity contribution in [2.24, 2.45) is 0 Å². The molecule has 7 aromatic carbocycles. The molecule has 0 aliphatic carbocycles. The fourth-order valence-corrected chi connectivity index (χ4v) is 7.52. The molecule has 2 aromatic heterocycles. The molecule has 3 heteroatoms. The molecule has 9 rings (SSSR count). The van der Waals surface area contributed by atoms with Gasteiger partial charge < -0.3 is 9.32 Å². The van der Waals surface area contributed by atoms with Crippen LogP contribution < -0.4 is 4.90 Å². The summed E-state index contributed by atoms with van der Waals surface area (Å²) >= 11 is 1.87. The summed E-state index contributed by atoms with van der Waals surface area (Å²) < 4.78 is 8.79. The molecule has 0 unspecified atom stereocenters. The third kappa shape index (κ3) is 3.93. The summed E-state index contributed by atoms with van der Waals surface area (Å²) in [5.41, 5.74) is 7.54. The van der Waals surface area contributed by atoms with Gasteiger partial charge >= 0.3 is 0 Å². The zero-order valence-corrected chi connectivity index (χ0v) is 24.0. The van der Waals surface area contributed by atoms with Crippen molar-refractivity contribution in [3.63, 3.8) is 0 Å². The smallest absolute Gasteiger partial charge is 0.135 e. The fraction of sp³-hybridized carbons (Fsp3) is 0. The van der Waals surface area contributed by atoms with Crippen molar-refractivity contribution in [2.45, 2.75) is 0 Å². The lowest BCUT2D eigenvalue weighted by Crippen LogP contribution is -2.09. The molecule has 2 nitrogen and oxygen atoms in total. The van der Waals surface area contributed by atoms with Crippen molar-refractivity contribution in [1.29, 1.82) is 0 Å². The Morgan fingerprint density at radius 1 is 0.419 bits per heavy atom. The van der Waals surface area contributed by atoms with E-state index >= 15 is 0 Å². The lowest BCUT2D eigenvalue weighted by molar-refractivity contribution is 0.669. The van der Waals surface area contributed by atoms with Crippen molar-refractivity contribution < 1.29 is 4.42 Å². The van der Waals surface area contributed by atoms with Gasteiger partial charge in [0.05, 0.1) is 0 Å². The fourth-order valence-electron chi connectivity index (χ4n) is 6.40. The normalized spacial score (nSPS) is 11.7. The second-order valence-electron chi connectivity index (χ2n) is 11.0. The third-order valence-corrected chi connectivity index (χ3v) is 9.59. The summed E-state index contributed by atoms with van der Waals surface area (Å²) in [5.74, 6) is 0. The Balaban J connectivity index is 1.16. The molecule has 0 amide bonds. The predicted molar refractivity (Wildman–Crippen MR) is 184 cm³/mol. The average molecular weight is 568 g/mol. The molecule has 0 aliphatic heterocycles. The average Bonchev–Trinajstić information content (AvgIpc) is 3.64. The molecule has 0 fully saturated rings. The van der Waals surface area contributed by atoms with Crippen LogP contribution in [0.3, 0.4) is 0 Å². The Morgan fingerprint density at radius 2 is 1.09 bits per heavy atom. The number of para-hydroxylation sites is 2. The van der Waals surface area contributed by atoms with E-state index < -0.39 is 0 Å². The highest BCUT2D eigenvalue weighted by atomic mass is 32.1. The zero-order chi connectivity index (χ0) is 28.3. The van der Waals surface area contributed by atoms with Crippen LogP contribution in [0.5, 0.6) is 0 Å². The first-order valence-corrected chi connectivity index (χ1v) is 15.3. The Kier molecular flexibility index (Phi) is 5.40. The van der Waals surface area contributed by atoms with Crippen LogP contribution in [-0.4, -0.2) is 0 Å². The van der Waals surface area contributed by atoms with Crippen LogP contribution in [0.2, 0.25) is 0 Å². The molecule has 0 radical (unpaired) electrons. The molecular weight excluding hydrogens is 543 g/mol. The minimum atomic E-state index is 0.900. The molecule has 2 heterocycles. The van der Waals surface area contributed by atoms with Crippen LogP contribution in [-0.2, 0) is 0 Å². The van der Waals surface area contributed by atoms with Gasteiger partial charge in [-0.15, -0.1) is 11.3 Å². The zero-order valence-electron chi connectivity index (χ0n) is 23.2. The van der Waals surface area contributed by atoms with Gasteiger partial charge in [-0.3, -0.25) is 0 Å². The maximum Gasteiger partial charge on any atom is 0.135 e. The second-order valence-corrected chi connectivity index (χ2v) is 12.1. The predicted octanol–water partition coefficient (Wildman–Crippen LogP) is 12.2. The largest absolute Gasteiger partial charge is 0.456 e. The molecule has 43 heavy (non-hydrogen) atoms. The van der Waals surface area contributed by atoms with Crippen LogP contribution in [0.15, 0.2) is 156 Å². The van der Waals surface area contributed by atoms with E-state index in [0.717, 1.165) is 39.0 Å². The summed E-state index contributed by atoms with van der Waals surface area (Å²) in [4.78, 5) is 2.31. The number of anilines is 3.